The average Bonchev–Trinajstić information content (AvgIpc) is 3.09. The standard InChI is InChI=1S/C27H19FN2O4/c28-24-9-4-3-6-21(24)19(17-29)16-18-11-13-20(14-12-18)34-25(31)10-5-15-30-26(32)22-7-1-2-8-23(22)27(30)33/h1-4,6-9,11-14,16H,5,10,15H2/b19-16-. The van der Waals surface area contributed by atoms with Gasteiger partial charge in [0, 0.05) is 18.5 Å². The van der Waals surface area contributed by atoms with E-state index >= 15 is 0 Å². The Balaban J connectivity index is 1.31. The molecule has 0 atom stereocenters. The molecule has 0 fully saturated rings. The third kappa shape index (κ3) is 4.76. The molecular formula is C27H19FN2O4. The first-order valence-corrected chi connectivity index (χ1v) is 10.6. The monoisotopic (exact) mass is 454 g/mol. The van der Waals surface area contributed by atoms with Gasteiger partial charge in [-0.15, -0.1) is 0 Å². The fourth-order valence-corrected chi connectivity index (χ4v) is 3.65. The summed E-state index contributed by atoms with van der Waals surface area (Å²) in [6.45, 7) is 0.123. The lowest BCUT2D eigenvalue weighted by molar-refractivity contribution is -0.134. The number of amides is 2. The molecule has 0 saturated carbocycles. The summed E-state index contributed by atoms with van der Waals surface area (Å²) in [5, 5.41) is 9.38. The van der Waals surface area contributed by atoms with Crippen LogP contribution in [0.3, 0.4) is 0 Å². The summed E-state index contributed by atoms with van der Waals surface area (Å²) in [7, 11) is 0. The molecule has 0 aliphatic carbocycles. The number of nitrogens with zero attached hydrogens (tertiary/aromatic N) is 2. The number of allylic oxidation sites excluding steroid dienone is 1. The largest absolute Gasteiger partial charge is 0.427 e. The molecule has 4 rings (SSSR count). The Hall–Kier alpha value is -4.57. The van der Waals surface area contributed by atoms with Gasteiger partial charge in [-0.3, -0.25) is 19.3 Å². The lowest BCUT2D eigenvalue weighted by atomic mass is 10.0. The van der Waals surface area contributed by atoms with Crippen LogP contribution in [0.1, 0.15) is 44.7 Å². The van der Waals surface area contributed by atoms with E-state index in [1.807, 2.05) is 6.07 Å². The van der Waals surface area contributed by atoms with E-state index in [2.05, 4.69) is 0 Å². The van der Waals surface area contributed by atoms with Crippen LogP contribution in [-0.4, -0.2) is 29.2 Å². The van der Waals surface area contributed by atoms with Crippen molar-refractivity contribution in [2.75, 3.05) is 6.54 Å². The first-order chi connectivity index (χ1) is 16.5. The zero-order valence-electron chi connectivity index (χ0n) is 18.0. The fraction of sp³-hybridized carbons (Fsp3) is 0.111. The number of benzene rings is 3. The third-order valence-electron chi connectivity index (χ3n) is 5.35. The normalized spacial score (nSPS) is 12.9. The summed E-state index contributed by atoms with van der Waals surface area (Å²) in [5.74, 6) is -1.38. The molecule has 1 aliphatic rings. The zero-order chi connectivity index (χ0) is 24.1. The molecule has 0 spiro atoms. The minimum absolute atomic E-state index is 0.0287. The predicted molar refractivity (Wildman–Crippen MR) is 123 cm³/mol. The Morgan fingerprint density at radius 2 is 1.56 bits per heavy atom. The molecule has 0 radical (unpaired) electrons. The summed E-state index contributed by atoms with van der Waals surface area (Å²) in [6.07, 6.45) is 1.85. The molecule has 1 aliphatic heterocycles. The molecule has 0 N–H and O–H groups in total. The minimum Gasteiger partial charge on any atom is -0.427 e. The fourth-order valence-electron chi connectivity index (χ4n) is 3.65. The molecule has 3 aromatic rings. The topological polar surface area (TPSA) is 87.5 Å². The molecule has 0 unspecified atom stereocenters. The summed E-state index contributed by atoms with van der Waals surface area (Å²) < 4.78 is 19.3. The number of halogens is 1. The van der Waals surface area contributed by atoms with Crippen molar-refractivity contribution in [3.8, 4) is 11.8 Å². The Morgan fingerprint density at radius 3 is 2.18 bits per heavy atom. The van der Waals surface area contributed by atoms with Crippen molar-refractivity contribution in [1.82, 2.24) is 4.90 Å². The van der Waals surface area contributed by atoms with Gasteiger partial charge in [0.1, 0.15) is 11.6 Å². The number of imide groups is 1. The molecule has 3 aromatic carbocycles. The van der Waals surface area contributed by atoms with Crippen LogP contribution < -0.4 is 4.74 Å². The van der Waals surface area contributed by atoms with Crippen molar-refractivity contribution in [2.24, 2.45) is 0 Å². The van der Waals surface area contributed by atoms with Crippen molar-refractivity contribution in [1.29, 1.82) is 5.26 Å². The number of carbonyl (C=O) groups is 3. The van der Waals surface area contributed by atoms with Gasteiger partial charge in [0.15, 0.2) is 0 Å². The zero-order valence-corrected chi connectivity index (χ0v) is 18.0. The smallest absolute Gasteiger partial charge is 0.311 e. The van der Waals surface area contributed by atoms with Gasteiger partial charge in [-0.2, -0.15) is 5.26 Å². The van der Waals surface area contributed by atoms with Crippen LogP contribution in [0.15, 0.2) is 72.8 Å². The number of nitriles is 1. The van der Waals surface area contributed by atoms with E-state index in [9.17, 15) is 24.0 Å². The van der Waals surface area contributed by atoms with Gasteiger partial charge in [0.25, 0.3) is 11.8 Å². The Kier molecular flexibility index (Phi) is 6.60. The maximum absolute atomic E-state index is 14.0. The Morgan fingerprint density at radius 1 is 0.941 bits per heavy atom. The van der Waals surface area contributed by atoms with E-state index in [4.69, 9.17) is 4.74 Å². The first kappa shape index (κ1) is 22.6. The number of rotatable bonds is 7. The number of hydrogen-bond acceptors (Lipinski definition) is 5. The van der Waals surface area contributed by atoms with Crippen LogP contribution in [0.4, 0.5) is 4.39 Å². The molecule has 6 nitrogen and oxygen atoms in total. The van der Waals surface area contributed by atoms with Gasteiger partial charge in [-0.05, 0) is 48.4 Å². The van der Waals surface area contributed by atoms with Crippen LogP contribution in [-0.2, 0) is 4.79 Å². The highest BCUT2D eigenvalue weighted by Crippen LogP contribution is 2.24. The lowest BCUT2D eigenvalue weighted by Crippen LogP contribution is -2.31. The average molecular weight is 454 g/mol. The van der Waals surface area contributed by atoms with E-state index in [1.54, 1.807) is 66.7 Å². The first-order valence-electron chi connectivity index (χ1n) is 10.6. The van der Waals surface area contributed by atoms with Crippen molar-refractivity contribution in [3.63, 3.8) is 0 Å². The van der Waals surface area contributed by atoms with Crippen LogP contribution in [0.5, 0.6) is 5.75 Å². The Labute approximate surface area is 195 Å². The molecule has 0 aromatic heterocycles. The van der Waals surface area contributed by atoms with Gasteiger partial charge in [0.2, 0.25) is 0 Å². The van der Waals surface area contributed by atoms with Gasteiger partial charge >= 0.3 is 5.97 Å². The number of ether oxygens (including phenoxy) is 1. The van der Waals surface area contributed by atoms with Gasteiger partial charge < -0.3 is 4.74 Å². The SMILES string of the molecule is N#C/C(=C/c1ccc(OC(=O)CCCN2C(=O)c3ccccc3C2=O)cc1)c1ccccc1F. The van der Waals surface area contributed by atoms with Gasteiger partial charge in [-0.25, -0.2) is 4.39 Å². The molecule has 168 valence electrons. The van der Waals surface area contributed by atoms with Crippen molar-refractivity contribution in [2.45, 2.75) is 12.8 Å². The highest BCUT2D eigenvalue weighted by atomic mass is 19.1. The summed E-state index contributed by atoms with van der Waals surface area (Å²) in [5.41, 5.74) is 1.78. The van der Waals surface area contributed by atoms with Crippen molar-refractivity contribution >= 4 is 29.4 Å². The maximum atomic E-state index is 14.0. The molecule has 2 amide bonds. The maximum Gasteiger partial charge on any atom is 0.311 e. The van der Waals surface area contributed by atoms with E-state index in [0.29, 0.717) is 22.4 Å². The highest BCUT2D eigenvalue weighted by Gasteiger charge is 2.34. The van der Waals surface area contributed by atoms with E-state index in [-0.39, 0.29) is 42.3 Å². The second-order valence-electron chi connectivity index (χ2n) is 7.60. The van der Waals surface area contributed by atoms with E-state index < -0.39 is 11.8 Å². The summed E-state index contributed by atoms with van der Waals surface area (Å²) in [6, 6.07) is 21.1. The van der Waals surface area contributed by atoms with Crippen LogP contribution in [0.25, 0.3) is 11.6 Å². The molecule has 7 heteroatoms. The second-order valence-corrected chi connectivity index (χ2v) is 7.60. The summed E-state index contributed by atoms with van der Waals surface area (Å²) >= 11 is 0. The highest BCUT2D eigenvalue weighted by molar-refractivity contribution is 6.21. The number of hydrogen-bond donors (Lipinski definition) is 0. The Bertz CT molecular complexity index is 1300. The van der Waals surface area contributed by atoms with Gasteiger partial charge in [0.05, 0.1) is 22.8 Å². The second kappa shape index (κ2) is 9.92. The van der Waals surface area contributed by atoms with Gasteiger partial charge in [-0.1, -0.05) is 42.5 Å². The summed E-state index contributed by atoms with van der Waals surface area (Å²) in [4.78, 5) is 38.0. The predicted octanol–water partition coefficient (Wildman–Crippen LogP) is 4.87. The molecule has 34 heavy (non-hydrogen) atoms. The van der Waals surface area contributed by atoms with E-state index in [1.165, 1.54) is 12.1 Å². The number of fused-ring (bicyclic) bond motifs is 1. The van der Waals surface area contributed by atoms with Crippen molar-refractivity contribution < 1.29 is 23.5 Å². The molecule has 0 bridgehead atoms. The van der Waals surface area contributed by atoms with E-state index in [0.717, 1.165) is 4.90 Å². The molecular weight excluding hydrogens is 435 g/mol. The molecule has 0 saturated heterocycles. The lowest BCUT2D eigenvalue weighted by Gasteiger charge is -2.13. The number of carbonyl (C=O) groups excluding carboxylic acids is 3. The van der Waals surface area contributed by atoms with Crippen LogP contribution >= 0.6 is 0 Å². The number of esters is 1. The molecule has 1 heterocycles. The third-order valence-corrected chi connectivity index (χ3v) is 5.35. The minimum atomic E-state index is -0.496. The van der Waals surface area contributed by atoms with Crippen LogP contribution in [0.2, 0.25) is 0 Å². The van der Waals surface area contributed by atoms with Crippen molar-refractivity contribution in [3.05, 3.63) is 101 Å². The quantitative estimate of drug-likeness (QED) is 0.167. The van der Waals surface area contributed by atoms with Crippen LogP contribution in [0, 0.1) is 17.1 Å².